The van der Waals surface area contributed by atoms with Gasteiger partial charge in [0.1, 0.15) is 97.6 Å². The molecule has 22 nitrogen and oxygen atoms in total. The van der Waals surface area contributed by atoms with Crippen molar-refractivity contribution in [3.05, 3.63) is 0 Å². The smallest absolute Gasteiger partial charge is 0.217 e. The first-order valence-corrected chi connectivity index (χ1v) is 15.1. The van der Waals surface area contributed by atoms with Crippen molar-refractivity contribution in [3.8, 4) is 0 Å². The Balaban J connectivity index is 1.39. The van der Waals surface area contributed by atoms with Crippen LogP contribution in [0.2, 0.25) is 0 Å². The van der Waals surface area contributed by atoms with Gasteiger partial charge in [-0.15, -0.1) is 0 Å². The Kier molecular flexibility index (Phi) is 13.8. The van der Waals surface area contributed by atoms with Crippen LogP contribution in [0.1, 0.15) is 6.92 Å². The number of rotatable bonds is 11. The summed E-state index contributed by atoms with van der Waals surface area (Å²) in [5.41, 5.74) is 0. The Labute approximate surface area is 272 Å². The van der Waals surface area contributed by atoms with Gasteiger partial charge in [0.2, 0.25) is 5.91 Å². The van der Waals surface area contributed by atoms with Crippen molar-refractivity contribution >= 4 is 5.91 Å². The highest BCUT2D eigenvalue weighted by molar-refractivity contribution is 5.73. The first-order chi connectivity index (χ1) is 22.6. The van der Waals surface area contributed by atoms with Crippen LogP contribution in [0.25, 0.3) is 0 Å². The van der Waals surface area contributed by atoms with E-state index in [9.17, 15) is 71.2 Å². The molecule has 4 aliphatic rings. The van der Waals surface area contributed by atoms with E-state index in [0.29, 0.717) is 0 Å². The zero-order valence-corrected chi connectivity index (χ0v) is 25.5. The van der Waals surface area contributed by atoms with Gasteiger partial charge >= 0.3 is 0 Å². The molecule has 0 aromatic heterocycles. The average molecular weight is 708 g/mol. The second kappa shape index (κ2) is 16.8. The third-order valence-corrected chi connectivity index (χ3v) is 8.57. The Bertz CT molecular complexity index is 1030. The highest BCUT2D eigenvalue weighted by atomic mass is 16.8. The first-order valence-electron chi connectivity index (χ1n) is 15.1. The summed E-state index contributed by atoms with van der Waals surface area (Å²) in [5.74, 6) is -0.653. The molecule has 4 saturated heterocycles. The van der Waals surface area contributed by atoms with Crippen LogP contribution in [0.4, 0.5) is 0 Å². The van der Waals surface area contributed by atoms with Crippen LogP contribution in [0.15, 0.2) is 0 Å². The Morgan fingerprint density at radius 3 is 1.42 bits per heavy atom. The van der Waals surface area contributed by atoms with E-state index in [1.165, 1.54) is 0 Å². The van der Waals surface area contributed by atoms with Gasteiger partial charge in [-0.25, -0.2) is 0 Å². The molecule has 0 unspecified atom stereocenters. The molecular weight excluding hydrogens is 662 g/mol. The number of carbonyl (C=O) groups is 1. The molecule has 4 aliphatic heterocycles. The second-order valence-corrected chi connectivity index (χ2v) is 12.0. The van der Waals surface area contributed by atoms with Crippen molar-refractivity contribution in [2.75, 3.05) is 26.4 Å². The minimum absolute atomic E-state index is 0.650. The van der Waals surface area contributed by atoms with Gasteiger partial charge in [-0.1, -0.05) is 0 Å². The number of amides is 1. The van der Waals surface area contributed by atoms with Gasteiger partial charge in [0.15, 0.2) is 25.2 Å². The minimum atomic E-state index is -1.95. The van der Waals surface area contributed by atoms with Crippen LogP contribution in [-0.2, 0) is 38.0 Å². The number of aliphatic hydroxyl groups is 13. The topological polar surface area (TPSA) is 357 Å². The normalized spacial score (nSPS) is 50.2. The van der Waals surface area contributed by atoms with Gasteiger partial charge in [0, 0.05) is 6.92 Å². The molecule has 4 heterocycles. The van der Waals surface area contributed by atoms with Crippen LogP contribution in [-0.4, -0.2) is 221 Å². The SMILES string of the molecule is CC(=O)N[C@@H]1[C@@H](O)[C@H](O[C@@H]2O[C@H](CO[C@H]3O[C@H](CO[C@H]4O[C@H](CO)[C@@H](O)[C@H](O)[C@@H]4O)[C@@H](O)[C@H](O)[C@@H]3O)[C@@H](O)[C@H](O)[C@@H]2O)[C@@H](CO)O[C@H]1O. The molecule has 4 rings (SSSR count). The first kappa shape index (κ1) is 39.5. The molecule has 0 aromatic rings. The van der Waals surface area contributed by atoms with Gasteiger partial charge in [0.05, 0.1) is 26.4 Å². The predicted molar refractivity (Wildman–Crippen MR) is 145 cm³/mol. The van der Waals surface area contributed by atoms with Gasteiger partial charge in [-0.2, -0.15) is 0 Å². The van der Waals surface area contributed by atoms with E-state index in [2.05, 4.69) is 5.32 Å². The molecular formula is C26H45NO21. The summed E-state index contributed by atoms with van der Waals surface area (Å²) >= 11 is 0. The molecule has 0 spiro atoms. The summed E-state index contributed by atoms with van der Waals surface area (Å²) < 4.78 is 37.9. The molecule has 1 amide bonds. The Hall–Kier alpha value is -1.33. The van der Waals surface area contributed by atoms with Gasteiger partial charge in [0.25, 0.3) is 0 Å². The van der Waals surface area contributed by atoms with E-state index in [1.54, 1.807) is 0 Å². The summed E-state index contributed by atoms with van der Waals surface area (Å²) in [4.78, 5) is 11.6. The Morgan fingerprint density at radius 1 is 0.542 bits per heavy atom. The van der Waals surface area contributed by atoms with Crippen molar-refractivity contribution in [2.24, 2.45) is 0 Å². The molecule has 48 heavy (non-hydrogen) atoms. The fourth-order valence-electron chi connectivity index (χ4n) is 5.74. The van der Waals surface area contributed by atoms with Crippen LogP contribution in [0, 0.1) is 0 Å². The lowest BCUT2D eigenvalue weighted by Gasteiger charge is -2.46. The summed E-state index contributed by atoms with van der Waals surface area (Å²) in [6, 6.07) is -1.44. The summed E-state index contributed by atoms with van der Waals surface area (Å²) in [6.45, 7) is -1.82. The molecule has 4 fully saturated rings. The zero-order chi connectivity index (χ0) is 35.6. The molecule has 280 valence electrons. The van der Waals surface area contributed by atoms with Crippen LogP contribution in [0.5, 0.6) is 0 Å². The molecule has 14 N–H and O–H groups in total. The van der Waals surface area contributed by atoms with E-state index < -0.39 is 155 Å². The maximum atomic E-state index is 11.6. The molecule has 0 saturated carbocycles. The third-order valence-electron chi connectivity index (χ3n) is 8.57. The van der Waals surface area contributed by atoms with Gasteiger partial charge < -0.3 is 105 Å². The van der Waals surface area contributed by atoms with E-state index in [4.69, 9.17) is 33.2 Å². The zero-order valence-electron chi connectivity index (χ0n) is 25.5. The van der Waals surface area contributed by atoms with Gasteiger partial charge in [-0.3, -0.25) is 4.79 Å². The molecule has 0 bridgehead atoms. The standard InChI is InChI=1S/C26H45NO21/c1-6(30)27-11-15(34)22(8(3-29)44-23(11)41)48-26-21(40)18(37)14(33)10(47-26)5-43-25-20(39)17(36)13(32)9(46-25)4-42-24-19(38)16(35)12(31)7(2-28)45-24/h7-26,28-29,31-41H,2-5H2,1H3,(H,27,30)/t7-,8-,9-,10-,11-,12-,13-,14-,15-,16+,17+,18+,19+,20+,21+,22-,23-,24+,25+,26+/m1/s1. The van der Waals surface area contributed by atoms with Crippen molar-refractivity contribution in [1.29, 1.82) is 0 Å². The molecule has 22 heteroatoms. The highest BCUT2D eigenvalue weighted by Crippen LogP contribution is 2.30. The monoisotopic (exact) mass is 707 g/mol. The molecule has 20 atom stereocenters. The number of aliphatic hydroxyl groups excluding tert-OH is 13. The molecule has 0 aromatic carbocycles. The minimum Gasteiger partial charge on any atom is -0.394 e. The van der Waals surface area contributed by atoms with Crippen LogP contribution < -0.4 is 5.32 Å². The van der Waals surface area contributed by atoms with Crippen molar-refractivity contribution in [2.45, 2.75) is 130 Å². The lowest BCUT2D eigenvalue weighted by molar-refractivity contribution is -0.357. The number of ether oxygens (including phenoxy) is 7. The summed E-state index contributed by atoms with van der Waals surface area (Å²) in [7, 11) is 0. The quantitative estimate of drug-likeness (QED) is 0.0947. The van der Waals surface area contributed by atoms with Gasteiger partial charge in [-0.05, 0) is 0 Å². The summed E-state index contributed by atoms with van der Waals surface area (Å²) in [5, 5.41) is 135. The van der Waals surface area contributed by atoms with Crippen molar-refractivity contribution in [3.63, 3.8) is 0 Å². The lowest BCUT2D eigenvalue weighted by atomic mass is 9.95. The molecule has 0 radical (unpaired) electrons. The van der Waals surface area contributed by atoms with E-state index in [1.807, 2.05) is 0 Å². The van der Waals surface area contributed by atoms with E-state index in [0.717, 1.165) is 6.92 Å². The fraction of sp³-hybridized carbons (Fsp3) is 0.962. The molecule has 0 aliphatic carbocycles. The maximum Gasteiger partial charge on any atom is 0.217 e. The van der Waals surface area contributed by atoms with Crippen LogP contribution in [0.3, 0.4) is 0 Å². The van der Waals surface area contributed by atoms with Crippen molar-refractivity contribution < 1.29 is 104 Å². The Morgan fingerprint density at radius 2 is 0.958 bits per heavy atom. The van der Waals surface area contributed by atoms with E-state index >= 15 is 0 Å². The third kappa shape index (κ3) is 8.41. The average Bonchev–Trinajstić information content (AvgIpc) is 3.05. The number of hydrogen-bond acceptors (Lipinski definition) is 21. The second-order valence-electron chi connectivity index (χ2n) is 12.0. The number of carbonyl (C=O) groups excluding carboxylic acids is 1. The largest absolute Gasteiger partial charge is 0.394 e. The maximum absolute atomic E-state index is 11.6. The van der Waals surface area contributed by atoms with E-state index in [-0.39, 0.29) is 0 Å². The number of hydrogen-bond donors (Lipinski definition) is 14. The predicted octanol–water partition coefficient (Wildman–Crippen LogP) is -9.61. The van der Waals surface area contributed by atoms with Crippen molar-refractivity contribution in [1.82, 2.24) is 5.32 Å². The number of nitrogens with one attached hydrogen (secondary N) is 1. The highest BCUT2D eigenvalue weighted by Gasteiger charge is 2.52. The fourth-order valence-corrected chi connectivity index (χ4v) is 5.74. The summed E-state index contributed by atoms with van der Waals surface area (Å²) in [6.07, 6.45) is -32.6. The lowest BCUT2D eigenvalue weighted by Crippen LogP contribution is -2.67. The van der Waals surface area contributed by atoms with Crippen LogP contribution >= 0.6 is 0 Å².